The largest absolute Gasteiger partial charge is 0.497 e. The summed E-state index contributed by atoms with van der Waals surface area (Å²) >= 11 is 0. The van der Waals surface area contributed by atoms with Crippen LogP contribution in [0.3, 0.4) is 0 Å². The van der Waals surface area contributed by atoms with Crippen LogP contribution in [0.2, 0.25) is 0 Å². The van der Waals surface area contributed by atoms with Gasteiger partial charge in [0.15, 0.2) is 0 Å². The van der Waals surface area contributed by atoms with Crippen LogP contribution >= 0.6 is 0 Å². The SMILES string of the molecule is COc1cccc(N2N=CCC2CC2(O)CCN(Cc3ccc(F)cc3)CC2)c1. The van der Waals surface area contributed by atoms with Gasteiger partial charge in [-0.25, -0.2) is 4.39 Å². The zero-order valence-electron chi connectivity index (χ0n) is 16.8. The fourth-order valence-corrected chi connectivity index (χ4v) is 4.27. The van der Waals surface area contributed by atoms with Gasteiger partial charge < -0.3 is 9.84 Å². The van der Waals surface area contributed by atoms with Crippen LogP contribution in [0.25, 0.3) is 0 Å². The van der Waals surface area contributed by atoms with Gasteiger partial charge in [-0.1, -0.05) is 18.2 Å². The van der Waals surface area contributed by atoms with E-state index in [4.69, 9.17) is 4.74 Å². The van der Waals surface area contributed by atoms with Crippen LogP contribution in [0.1, 0.15) is 31.2 Å². The fraction of sp³-hybridized carbons (Fsp3) is 0.435. The number of benzene rings is 2. The van der Waals surface area contributed by atoms with Crippen molar-refractivity contribution in [3.8, 4) is 5.75 Å². The Bertz CT molecular complexity index is 847. The molecule has 0 aliphatic carbocycles. The van der Waals surface area contributed by atoms with Crippen LogP contribution in [0, 0.1) is 5.82 Å². The van der Waals surface area contributed by atoms with Crippen molar-refractivity contribution in [1.82, 2.24) is 4.90 Å². The summed E-state index contributed by atoms with van der Waals surface area (Å²) in [6, 6.07) is 14.7. The molecule has 1 unspecified atom stereocenters. The van der Waals surface area contributed by atoms with Gasteiger partial charge in [0.05, 0.1) is 24.4 Å². The van der Waals surface area contributed by atoms with Gasteiger partial charge in [0.2, 0.25) is 0 Å². The summed E-state index contributed by atoms with van der Waals surface area (Å²) in [5.74, 6) is 0.595. The third-order valence-corrected chi connectivity index (χ3v) is 5.97. The Labute approximate surface area is 171 Å². The van der Waals surface area contributed by atoms with Crippen molar-refractivity contribution in [2.75, 3.05) is 25.2 Å². The molecular formula is C23H28FN3O2. The van der Waals surface area contributed by atoms with E-state index in [1.807, 2.05) is 47.6 Å². The third-order valence-electron chi connectivity index (χ3n) is 5.97. The molecule has 0 bridgehead atoms. The van der Waals surface area contributed by atoms with Crippen molar-refractivity contribution in [3.05, 3.63) is 59.9 Å². The number of anilines is 1. The first-order valence-corrected chi connectivity index (χ1v) is 10.2. The smallest absolute Gasteiger partial charge is 0.123 e. The molecule has 1 fully saturated rings. The van der Waals surface area contributed by atoms with E-state index in [2.05, 4.69) is 10.0 Å². The lowest BCUT2D eigenvalue weighted by molar-refractivity contribution is -0.0333. The van der Waals surface area contributed by atoms with Crippen LogP contribution in [0.15, 0.2) is 53.6 Å². The van der Waals surface area contributed by atoms with Gasteiger partial charge in [-0.2, -0.15) is 5.10 Å². The summed E-state index contributed by atoms with van der Waals surface area (Å²) in [6.45, 7) is 2.46. The van der Waals surface area contributed by atoms with Gasteiger partial charge in [0.1, 0.15) is 11.6 Å². The van der Waals surface area contributed by atoms with Crippen molar-refractivity contribution < 1.29 is 14.2 Å². The van der Waals surface area contributed by atoms with E-state index in [0.29, 0.717) is 6.42 Å². The number of ether oxygens (including phenoxy) is 1. The van der Waals surface area contributed by atoms with Crippen molar-refractivity contribution in [2.24, 2.45) is 5.10 Å². The van der Waals surface area contributed by atoms with E-state index in [-0.39, 0.29) is 11.9 Å². The zero-order chi connectivity index (χ0) is 20.3. The number of likely N-dealkylation sites (tertiary alicyclic amines) is 1. The second-order valence-corrected chi connectivity index (χ2v) is 8.06. The molecule has 1 saturated heterocycles. The molecule has 4 rings (SSSR count). The summed E-state index contributed by atoms with van der Waals surface area (Å²) in [7, 11) is 1.66. The molecule has 154 valence electrons. The predicted molar refractivity (Wildman–Crippen MR) is 113 cm³/mol. The number of hydrazone groups is 1. The number of hydrogen-bond donors (Lipinski definition) is 1. The zero-order valence-corrected chi connectivity index (χ0v) is 16.8. The fourth-order valence-electron chi connectivity index (χ4n) is 4.27. The number of halogens is 1. The Morgan fingerprint density at radius 3 is 2.66 bits per heavy atom. The highest BCUT2D eigenvalue weighted by Crippen LogP contribution is 2.34. The minimum Gasteiger partial charge on any atom is -0.497 e. The van der Waals surface area contributed by atoms with Crippen molar-refractivity contribution in [2.45, 2.75) is 43.9 Å². The maximum atomic E-state index is 13.1. The van der Waals surface area contributed by atoms with Gasteiger partial charge in [-0.3, -0.25) is 9.91 Å². The predicted octanol–water partition coefficient (Wildman–Crippen LogP) is 3.82. The molecule has 1 atom stereocenters. The number of piperidine rings is 1. The molecule has 6 heteroatoms. The van der Waals surface area contributed by atoms with E-state index in [1.54, 1.807) is 7.11 Å². The number of hydrogen-bond acceptors (Lipinski definition) is 5. The highest BCUT2D eigenvalue weighted by atomic mass is 19.1. The second kappa shape index (κ2) is 8.51. The maximum absolute atomic E-state index is 13.1. The highest BCUT2D eigenvalue weighted by molar-refractivity contribution is 5.67. The number of rotatable bonds is 6. The van der Waals surface area contributed by atoms with Gasteiger partial charge >= 0.3 is 0 Å². The molecule has 0 radical (unpaired) electrons. The lowest BCUT2D eigenvalue weighted by atomic mass is 9.84. The Balaban J connectivity index is 1.35. The molecule has 0 saturated carbocycles. The minimum absolute atomic E-state index is 0.149. The summed E-state index contributed by atoms with van der Waals surface area (Å²) in [5, 5.41) is 17.8. The van der Waals surface area contributed by atoms with Crippen LogP contribution in [0.5, 0.6) is 5.75 Å². The van der Waals surface area contributed by atoms with Crippen LogP contribution in [-0.2, 0) is 6.54 Å². The standard InChI is InChI=1S/C23H28FN3O2/c1-29-22-4-2-3-20(15-22)27-21(9-12-25-27)16-23(28)10-13-26(14-11-23)17-18-5-7-19(24)8-6-18/h2-8,12,15,21,28H,9-11,13-14,16-17H2,1H3. The Kier molecular flexibility index (Phi) is 5.83. The van der Waals surface area contributed by atoms with E-state index < -0.39 is 5.60 Å². The lowest BCUT2D eigenvalue weighted by Gasteiger charge is -2.40. The summed E-state index contributed by atoms with van der Waals surface area (Å²) in [5.41, 5.74) is 1.40. The molecule has 0 aromatic heterocycles. The van der Waals surface area contributed by atoms with Crippen molar-refractivity contribution in [1.29, 1.82) is 0 Å². The lowest BCUT2D eigenvalue weighted by Crippen LogP contribution is -2.47. The average molecular weight is 397 g/mol. The number of nitrogens with zero attached hydrogens (tertiary/aromatic N) is 3. The molecule has 2 aromatic carbocycles. The van der Waals surface area contributed by atoms with Crippen LogP contribution in [0.4, 0.5) is 10.1 Å². The summed E-state index contributed by atoms with van der Waals surface area (Å²) in [6.07, 6.45) is 4.91. The second-order valence-electron chi connectivity index (χ2n) is 8.06. The first-order valence-electron chi connectivity index (χ1n) is 10.2. The Hall–Kier alpha value is -2.44. The summed E-state index contributed by atoms with van der Waals surface area (Å²) in [4.78, 5) is 2.33. The maximum Gasteiger partial charge on any atom is 0.123 e. The minimum atomic E-state index is -0.686. The highest BCUT2D eigenvalue weighted by Gasteiger charge is 2.37. The molecule has 2 heterocycles. The molecule has 0 spiro atoms. The molecule has 1 N–H and O–H groups in total. The molecule has 2 aliphatic rings. The molecule has 2 aliphatic heterocycles. The normalized spacial score (nSPS) is 21.5. The van der Waals surface area contributed by atoms with Crippen molar-refractivity contribution in [3.63, 3.8) is 0 Å². The van der Waals surface area contributed by atoms with E-state index in [9.17, 15) is 9.50 Å². The molecule has 5 nitrogen and oxygen atoms in total. The molecular weight excluding hydrogens is 369 g/mol. The van der Waals surface area contributed by atoms with Gasteiger partial charge in [-0.05, 0) is 49.1 Å². The van der Waals surface area contributed by atoms with E-state index >= 15 is 0 Å². The number of aliphatic hydroxyl groups is 1. The third kappa shape index (κ3) is 4.77. The van der Waals surface area contributed by atoms with Crippen LogP contribution < -0.4 is 9.75 Å². The Morgan fingerprint density at radius 1 is 1.17 bits per heavy atom. The van der Waals surface area contributed by atoms with Gasteiger partial charge in [0.25, 0.3) is 0 Å². The molecule has 2 aromatic rings. The topological polar surface area (TPSA) is 48.3 Å². The average Bonchev–Trinajstić information content (AvgIpc) is 3.19. The van der Waals surface area contributed by atoms with E-state index in [0.717, 1.165) is 55.9 Å². The van der Waals surface area contributed by atoms with E-state index in [1.165, 1.54) is 12.1 Å². The Morgan fingerprint density at radius 2 is 1.93 bits per heavy atom. The number of methoxy groups -OCH3 is 1. The first-order chi connectivity index (χ1) is 14.0. The summed E-state index contributed by atoms with van der Waals surface area (Å²) < 4.78 is 18.4. The van der Waals surface area contributed by atoms with Crippen molar-refractivity contribution >= 4 is 11.9 Å². The molecule has 29 heavy (non-hydrogen) atoms. The van der Waals surface area contributed by atoms with Gasteiger partial charge in [-0.15, -0.1) is 0 Å². The van der Waals surface area contributed by atoms with Crippen LogP contribution in [-0.4, -0.2) is 48.1 Å². The first kappa shape index (κ1) is 19.9. The quantitative estimate of drug-likeness (QED) is 0.805. The monoisotopic (exact) mass is 397 g/mol. The van der Waals surface area contributed by atoms with Gasteiger partial charge in [0, 0.05) is 38.3 Å². The molecule has 0 amide bonds.